The van der Waals surface area contributed by atoms with Gasteiger partial charge >= 0.3 is 6.18 Å². The molecule has 1 atom stereocenters. The zero-order valence-electron chi connectivity index (χ0n) is 9.66. The highest BCUT2D eigenvalue weighted by Crippen LogP contribution is 2.36. The Bertz CT molecular complexity index is 427. The van der Waals surface area contributed by atoms with Crippen LogP contribution >= 0.6 is 0 Å². The summed E-state index contributed by atoms with van der Waals surface area (Å²) < 4.78 is 62.3. The van der Waals surface area contributed by atoms with E-state index in [4.69, 9.17) is 5.26 Å². The molecule has 1 rings (SSSR count). The topological polar surface area (TPSA) is 67.2 Å². The first-order valence-electron chi connectivity index (χ1n) is 5.44. The van der Waals surface area contributed by atoms with Crippen molar-refractivity contribution in [2.45, 2.75) is 25.4 Å². The summed E-state index contributed by atoms with van der Waals surface area (Å²) in [5.74, 6) is -0.222. The Labute approximate surface area is 104 Å². The van der Waals surface area contributed by atoms with Gasteiger partial charge in [-0.1, -0.05) is 0 Å². The predicted molar refractivity (Wildman–Crippen MR) is 57.4 cm³/mol. The van der Waals surface area contributed by atoms with Crippen LogP contribution < -0.4 is 0 Å². The van der Waals surface area contributed by atoms with Crippen LogP contribution in [0.3, 0.4) is 0 Å². The van der Waals surface area contributed by atoms with Crippen LogP contribution in [0.25, 0.3) is 0 Å². The molecule has 0 aromatic rings. The molecule has 0 bridgehead atoms. The lowest BCUT2D eigenvalue weighted by molar-refractivity contribution is -0.174. The van der Waals surface area contributed by atoms with E-state index in [1.54, 1.807) is 0 Å². The highest BCUT2D eigenvalue weighted by Gasteiger charge is 2.42. The molecule has 0 aliphatic carbocycles. The Morgan fingerprint density at radius 3 is 2.50 bits per heavy atom. The van der Waals surface area contributed by atoms with E-state index in [9.17, 15) is 21.6 Å². The number of halogens is 3. The van der Waals surface area contributed by atoms with Crippen molar-refractivity contribution in [3.8, 4) is 6.07 Å². The number of hydrogen-bond acceptors (Lipinski definition) is 4. The number of rotatable bonds is 5. The molecule has 0 saturated carbocycles. The summed E-state index contributed by atoms with van der Waals surface area (Å²) >= 11 is 0. The van der Waals surface area contributed by atoms with Crippen LogP contribution in [0.5, 0.6) is 0 Å². The lowest BCUT2D eigenvalue weighted by Gasteiger charge is -2.18. The van der Waals surface area contributed by atoms with Gasteiger partial charge in [0.25, 0.3) is 0 Å². The van der Waals surface area contributed by atoms with Gasteiger partial charge in [0, 0.05) is 6.61 Å². The van der Waals surface area contributed by atoms with Gasteiger partial charge in [0.05, 0.1) is 23.0 Å². The van der Waals surface area contributed by atoms with E-state index in [1.165, 1.54) is 0 Å². The van der Waals surface area contributed by atoms with Crippen molar-refractivity contribution in [2.24, 2.45) is 5.41 Å². The Hall–Kier alpha value is -0.810. The summed E-state index contributed by atoms with van der Waals surface area (Å²) in [4.78, 5) is 0. The second-order valence-electron chi connectivity index (χ2n) is 4.51. The van der Waals surface area contributed by atoms with Gasteiger partial charge < -0.3 is 4.74 Å². The minimum atomic E-state index is -4.36. The smallest absolute Gasteiger partial charge is 0.372 e. The molecule has 18 heavy (non-hydrogen) atoms. The number of hydrogen-bond donors (Lipinski definition) is 0. The van der Waals surface area contributed by atoms with Gasteiger partial charge in [-0.05, 0) is 19.3 Å². The first-order valence-corrected chi connectivity index (χ1v) is 7.26. The maximum Gasteiger partial charge on any atom is 0.411 e. The van der Waals surface area contributed by atoms with E-state index < -0.39 is 28.0 Å². The Morgan fingerprint density at radius 1 is 1.39 bits per heavy atom. The van der Waals surface area contributed by atoms with Gasteiger partial charge in [-0.25, -0.2) is 8.42 Å². The second kappa shape index (κ2) is 5.45. The van der Waals surface area contributed by atoms with Crippen LogP contribution in [0, 0.1) is 16.7 Å². The minimum Gasteiger partial charge on any atom is -0.372 e. The summed E-state index contributed by atoms with van der Waals surface area (Å²) in [6.45, 7) is -1.44. The summed E-state index contributed by atoms with van der Waals surface area (Å²) in [5.41, 5.74) is -0.944. The van der Waals surface area contributed by atoms with Gasteiger partial charge in [-0.3, -0.25) is 0 Å². The van der Waals surface area contributed by atoms with E-state index >= 15 is 0 Å². The molecule has 8 heteroatoms. The van der Waals surface area contributed by atoms with Crippen LogP contribution in [0.1, 0.15) is 19.3 Å². The fourth-order valence-corrected chi connectivity index (χ4v) is 4.00. The molecule has 1 aliphatic rings. The molecular weight excluding hydrogens is 271 g/mol. The Balaban J connectivity index is 2.33. The second-order valence-corrected chi connectivity index (χ2v) is 6.69. The highest BCUT2D eigenvalue weighted by molar-refractivity contribution is 7.91. The molecule has 0 aromatic carbocycles. The Kier molecular flexibility index (Phi) is 4.61. The molecule has 0 radical (unpaired) electrons. The molecule has 1 saturated heterocycles. The van der Waals surface area contributed by atoms with Gasteiger partial charge in [-0.2, -0.15) is 18.4 Å². The lowest BCUT2D eigenvalue weighted by Crippen LogP contribution is -2.22. The summed E-state index contributed by atoms with van der Waals surface area (Å²) in [7, 11) is -3.18. The first-order chi connectivity index (χ1) is 8.18. The van der Waals surface area contributed by atoms with E-state index in [2.05, 4.69) is 4.74 Å². The van der Waals surface area contributed by atoms with E-state index in [0.717, 1.165) is 0 Å². The fraction of sp³-hybridized carbons (Fsp3) is 0.900. The van der Waals surface area contributed by atoms with Gasteiger partial charge in [0.1, 0.15) is 6.61 Å². The van der Waals surface area contributed by atoms with Crippen molar-refractivity contribution in [3.63, 3.8) is 0 Å². The van der Waals surface area contributed by atoms with E-state index in [0.29, 0.717) is 0 Å². The quantitative estimate of drug-likeness (QED) is 0.721. The molecule has 0 N–H and O–H groups in total. The molecule has 0 amide bonds. The maximum absolute atomic E-state index is 11.8. The third-order valence-electron chi connectivity index (χ3n) is 2.83. The molecule has 4 nitrogen and oxygen atoms in total. The summed E-state index contributed by atoms with van der Waals surface area (Å²) in [6.07, 6.45) is -3.60. The van der Waals surface area contributed by atoms with Crippen molar-refractivity contribution >= 4 is 9.84 Å². The molecule has 104 valence electrons. The van der Waals surface area contributed by atoms with Gasteiger partial charge in [0.15, 0.2) is 9.84 Å². The molecular formula is C10H14F3NO3S. The predicted octanol–water partition coefficient (Wildman–Crippen LogP) is 1.67. The van der Waals surface area contributed by atoms with Crippen molar-refractivity contribution in [3.05, 3.63) is 0 Å². The molecule has 1 heterocycles. The van der Waals surface area contributed by atoms with Crippen LogP contribution in [0.4, 0.5) is 13.2 Å². The minimum absolute atomic E-state index is 0.0238. The SMILES string of the molecule is N#CC1(CCCOCC(F)(F)F)CCS(=O)(=O)C1. The Morgan fingerprint density at radius 2 is 2.06 bits per heavy atom. The third-order valence-corrected chi connectivity index (χ3v) is 4.65. The van der Waals surface area contributed by atoms with Crippen LogP contribution in [0.15, 0.2) is 0 Å². The normalized spacial score (nSPS) is 27.0. The van der Waals surface area contributed by atoms with Crippen LogP contribution in [-0.4, -0.2) is 39.3 Å². The number of nitriles is 1. The monoisotopic (exact) mass is 285 g/mol. The number of nitrogens with zero attached hydrogens (tertiary/aromatic N) is 1. The third kappa shape index (κ3) is 4.82. The molecule has 1 aliphatic heterocycles. The fourth-order valence-electron chi connectivity index (χ4n) is 1.96. The van der Waals surface area contributed by atoms with Crippen molar-refractivity contribution in [2.75, 3.05) is 24.7 Å². The van der Waals surface area contributed by atoms with E-state index in [-0.39, 0.29) is 37.4 Å². The van der Waals surface area contributed by atoms with Crippen LogP contribution in [0.2, 0.25) is 0 Å². The van der Waals surface area contributed by atoms with E-state index in [1.807, 2.05) is 6.07 Å². The molecule has 1 unspecified atom stereocenters. The zero-order chi connectivity index (χ0) is 13.9. The summed E-state index contributed by atoms with van der Waals surface area (Å²) in [5, 5.41) is 9.00. The van der Waals surface area contributed by atoms with Crippen LogP contribution in [-0.2, 0) is 14.6 Å². The molecule has 0 spiro atoms. The lowest BCUT2D eigenvalue weighted by atomic mass is 9.85. The van der Waals surface area contributed by atoms with Crippen molar-refractivity contribution in [1.82, 2.24) is 0 Å². The van der Waals surface area contributed by atoms with Crippen molar-refractivity contribution in [1.29, 1.82) is 5.26 Å². The zero-order valence-corrected chi connectivity index (χ0v) is 10.5. The van der Waals surface area contributed by atoms with Gasteiger partial charge in [-0.15, -0.1) is 0 Å². The molecule has 1 fully saturated rings. The summed E-state index contributed by atoms with van der Waals surface area (Å²) in [6, 6.07) is 1.98. The number of ether oxygens (including phenoxy) is 1. The first kappa shape index (κ1) is 15.2. The molecule has 0 aromatic heterocycles. The maximum atomic E-state index is 11.8. The average molecular weight is 285 g/mol. The van der Waals surface area contributed by atoms with Crippen molar-refractivity contribution < 1.29 is 26.3 Å². The highest BCUT2D eigenvalue weighted by atomic mass is 32.2. The largest absolute Gasteiger partial charge is 0.411 e. The average Bonchev–Trinajstić information content (AvgIpc) is 2.53. The number of sulfone groups is 1. The number of alkyl halides is 3. The van der Waals surface area contributed by atoms with Gasteiger partial charge in [0.2, 0.25) is 0 Å². The standard InChI is InChI=1S/C10H14F3NO3S/c11-10(12,13)7-17-4-1-2-9(6-14)3-5-18(15,16)8-9/h1-5,7-8H2.